The van der Waals surface area contributed by atoms with Crippen molar-refractivity contribution >= 4 is 5.91 Å². The Bertz CT molecular complexity index is 1550. The standard InChI is InChI=1S/C70H131NO13/c1-3-5-7-9-11-13-15-17-19-21-23-24-25-26-27-28-29-30-31-32-33-34-36-37-39-41-43-45-47-49-51-53-59(74)58(71-62(75)54-52-50-48-46-44-42-40-38-35-22-20-18-16-14-12-10-8-6-4-2)57-81-69-67(80)65(78)68(61(56-73)83-69)84-70-66(79)64(77)63(76)60(55-72)82-70/h36-37,43,45,51,53,58-61,63-70,72-74,76-80H,3-35,38-42,44,46-50,52,54-57H2,1-2H3,(H,71,75)/b37-36+,45-43+,53-51+. The molecule has 9 N–H and O–H groups in total. The third-order valence-electron chi connectivity index (χ3n) is 17.3. The van der Waals surface area contributed by atoms with Crippen molar-refractivity contribution in [3.63, 3.8) is 0 Å². The van der Waals surface area contributed by atoms with E-state index in [9.17, 15) is 45.6 Å². The summed E-state index contributed by atoms with van der Waals surface area (Å²) in [5.41, 5.74) is 0. The Kier molecular flexibility index (Phi) is 51.5. The summed E-state index contributed by atoms with van der Waals surface area (Å²) in [4.78, 5) is 13.3. The third-order valence-corrected chi connectivity index (χ3v) is 17.3. The second-order valence-corrected chi connectivity index (χ2v) is 25.0. The van der Waals surface area contributed by atoms with Gasteiger partial charge in [-0.2, -0.15) is 0 Å². The topological polar surface area (TPSA) is 228 Å². The first-order chi connectivity index (χ1) is 41.1. The summed E-state index contributed by atoms with van der Waals surface area (Å²) in [5.74, 6) is -0.248. The molecule has 14 heteroatoms. The molecule has 84 heavy (non-hydrogen) atoms. The molecule has 2 heterocycles. The summed E-state index contributed by atoms with van der Waals surface area (Å²) >= 11 is 0. The largest absolute Gasteiger partial charge is 0.394 e. The van der Waals surface area contributed by atoms with Gasteiger partial charge in [-0.3, -0.25) is 4.79 Å². The van der Waals surface area contributed by atoms with Gasteiger partial charge in [-0.1, -0.05) is 294 Å². The van der Waals surface area contributed by atoms with Crippen LogP contribution in [0.15, 0.2) is 36.5 Å². The predicted octanol–water partition coefficient (Wildman–Crippen LogP) is 14.1. The van der Waals surface area contributed by atoms with E-state index in [0.717, 1.165) is 44.9 Å². The summed E-state index contributed by atoms with van der Waals surface area (Å²) in [6.45, 7) is 2.82. The van der Waals surface area contributed by atoms with Crippen molar-refractivity contribution in [1.82, 2.24) is 5.32 Å². The first kappa shape index (κ1) is 78.3. The summed E-state index contributed by atoms with van der Waals surface area (Å²) in [7, 11) is 0. The molecule has 0 saturated carbocycles. The molecular weight excluding hydrogens is 1060 g/mol. The molecule has 12 unspecified atom stereocenters. The second kappa shape index (κ2) is 55.3. The molecule has 1 amide bonds. The van der Waals surface area contributed by atoms with Crippen molar-refractivity contribution in [1.29, 1.82) is 0 Å². The van der Waals surface area contributed by atoms with E-state index in [4.69, 9.17) is 18.9 Å². The molecule has 0 aromatic carbocycles. The van der Waals surface area contributed by atoms with E-state index < -0.39 is 86.8 Å². The highest BCUT2D eigenvalue weighted by molar-refractivity contribution is 5.76. The third kappa shape index (κ3) is 39.3. The summed E-state index contributed by atoms with van der Waals surface area (Å²) in [6, 6.07) is -0.937. The number of carbonyl (C=O) groups excluding carboxylic acids is 1. The zero-order valence-electron chi connectivity index (χ0n) is 53.7. The zero-order chi connectivity index (χ0) is 60.9. The lowest BCUT2D eigenvalue weighted by atomic mass is 9.97. The van der Waals surface area contributed by atoms with Crippen LogP contribution in [0.4, 0.5) is 0 Å². The number of rotatable bonds is 58. The Hall–Kier alpha value is -1.79. The second-order valence-electron chi connectivity index (χ2n) is 25.0. The molecule has 0 spiro atoms. The van der Waals surface area contributed by atoms with Crippen molar-refractivity contribution < 1.29 is 64.6 Å². The first-order valence-electron chi connectivity index (χ1n) is 35.2. The van der Waals surface area contributed by atoms with E-state index in [-0.39, 0.29) is 18.9 Å². The van der Waals surface area contributed by atoms with Crippen LogP contribution in [0, 0.1) is 0 Å². The van der Waals surface area contributed by atoms with E-state index >= 15 is 0 Å². The Labute approximate surface area is 512 Å². The Morgan fingerprint density at radius 1 is 0.417 bits per heavy atom. The maximum atomic E-state index is 13.3. The van der Waals surface area contributed by atoms with Gasteiger partial charge in [0.2, 0.25) is 5.91 Å². The van der Waals surface area contributed by atoms with Crippen molar-refractivity contribution in [3.8, 4) is 0 Å². The highest BCUT2D eigenvalue weighted by atomic mass is 16.7. The van der Waals surface area contributed by atoms with Crippen LogP contribution in [0.1, 0.15) is 309 Å². The average Bonchev–Trinajstić information content (AvgIpc) is 3.62. The van der Waals surface area contributed by atoms with Crippen LogP contribution >= 0.6 is 0 Å². The van der Waals surface area contributed by atoms with E-state index in [1.54, 1.807) is 6.08 Å². The number of aliphatic hydroxyl groups excluding tert-OH is 8. The maximum Gasteiger partial charge on any atom is 0.220 e. The summed E-state index contributed by atoms with van der Waals surface area (Å²) < 4.78 is 22.8. The predicted molar refractivity (Wildman–Crippen MR) is 341 cm³/mol. The summed E-state index contributed by atoms with van der Waals surface area (Å²) in [5, 5.41) is 87.3. The van der Waals surface area contributed by atoms with Crippen LogP contribution in [0.3, 0.4) is 0 Å². The molecule has 494 valence electrons. The molecule has 2 fully saturated rings. The van der Waals surface area contributed by atoms with Gasteiger partial charge in [0, 0.05) is 6.42 Å². The number of carbonyl (C=O) groups is 1. The maximum absolute atomic E-state index is 13.3. The fourth-order valence-corrected chi connectivity index (χ4v) is 11.7. The van der Waals surface area contributed by atoms with Gasteiger partial charge in [0.05, 0.1) is 32.0 Å². The van der Waals surface area contributed by atoms with Gasteiger partial charge in [0.25, 0.3) is 0 Å². The van der Waals surface area contributed by atoms with E-state index in [0.29, 0.717) is 12.8 Å². The van der Waals surface area contributed by atoms with Crippen molar-refractivity contribution in [2.24, 2.45) is 0 Å². The van der Waals surface area contributed by atoms with Gasteiger partial charge >= 0.3 is 0 Å². The van der Waals surface area contributed by atoms with Crippen LogP contribution in [-0.2, 0) is 23.7 Å². The SMILES string of the molecule is CCCCCCCCCCCCCCCCCCCCCCC/C=C/CC/C=C/CC/C=C/C(O)C(COC1OC(CO)C(OC2OC(CO)C(O)C(O)C2O)C(O)C1O)NC(=O)CCCCCCCCCCCCCCCCCCCCC. The van der Waals surface area contributed by atoms with Crippen molar-refractivity contribution in [2.75, 3.05) is 19.8 Å². The zero-order valence-corrected chi connectivity index (χ0v) is 53.7. The molecule has 0 aliphatic carbocycles. The lowest BCUT2D eigenvalue weighted by Gasteiger charge is -2.46. The number of hydrogen-bond donors (Lipinski definition) is 9. The van der Waals surface area contributed by atoms with Gasteiger partial charge < -0.3 is 65.1 Å². The fourth-order valence-electron chi connectivity index (χ4n) is 11.7. The fraction of sp³-hybridized carbons (Fsp3) is 0.900. The number of nitrogens with one attached hydrogen (secondary N) is 1. The molecule has 0 aromatic heterocycles. The number of aliphatic hydroxyl groups is 8. The monoisotopic (exact) mass is 1190 g/mol. The lowest BCUT2D eigenvalue weighted by molar-refractivity contribution is -0.359. The minimum absolute atomic E-state index is 0.248. The molecule has 0 radical (unpaired) electrons. The Morgan fingerprint density at radius 2 is 0.762 bits per heavy atom. The Morgan fingerprint density at radius 3 is 1.17 bits per heavy atom. The van der Waals surface area contributed by atoms with Crippen LogP contribution in [0.2, 0.25) is 0 Å². The normalized spacial score (nSPS) is 23.8. The van der Waals surface area contributed by atoms with E-state index in [1.165, 1.54) is 231 Å². The van der Waals surface area contributed by atoms with E-state index in [1.807, 2.05) is 6.08 Å². The summed E-state index contributed by atoms with van der Waals surface area (Å²) in [6.07, 6.45) is 53.6. The minimum atomic E-state index is -1.79. The molecule has 2 aliphatic rings. The van der Waals surface area contributed by atoms with Gasteiger partial charge in [-0.05, 0) is 44.9 Å². The molecule has 2 rings (SSSR count). The van der Waals surface area contributed by atoms with Gasteiger partial charge in [-0.15, -0.1) is 0 Å². The molecule has 2 aliphatic heterocycles. The number of hydrogen-bond acceptors (Lipinski definition) is 13. The van der Waals surface area contributed by atoms with Gasteiger partial charge in [-0.25, -0.2) is 0 Å². The van der Waals surface area contributed by atoms with Gasteiger partial charge in [0.1, 0.15) is 48.8 Å². The highest BCUT2D eigenvalue weighted by Crippen LogP contribution is 2.30. The van der Waals surface area contributed by atoms with Crippen LogP contribution in [0.25, 0.3) is 0 Å². The number of amides is 1. The molecule has 12 atom stereocenters. The number of allylic oxidation sites excluding steroid dienone is 5. The van der Waals surface area contributed by atoms with Crippen LogP contribution < -0.4 is 5.32 Å². The van der Waals surface area contributed by atoms with Crippen LogP contribution in [-0.4, -0.2) is 140 Å². The van der Waals surface area contributed by atoms with Crippen molar-refractivity contribution in [2.45, 2.75) is 383 Å². The molecule has 0 bridgehead atoms. The van der Waals surface area contributed by atoms with Gasteiger partial charge in [0.15, 0.2) is 12.6 Å². The first-order valence-corrected chi connectivity index (χ1v) is 35.2. The molecule has 0 aromatic rings. The smallest absolute Gasteiger partial charge is 0.220 e. The van der Waals surface area contributed by atoms with Crippen molar-refractivity contribution in [3.05, 3.63) is 36.5 Å². The molecule has 14 nitrogen and oxygen atoms in total. The number of ether oxygens (including phenoxy) is 4. The molecular formula is C70H131NO13. The molecule has 2 saturated heterocycles. The quantitative estimate of drug-likeness (QED) is 0.0204. The minimum Gasteiger partial charge on any atom is -0.394 e. The highest BCUT2D eigenvalue weighted by Gasteiger charge is 2.51. The number of unbranched alkanes of at least 4 members (excludes halogenated alkanes) is 41. The average molecular weight is 1190 g/mol. The lowest BCUT2D eigenvalue weighted by Crippen LogP contribution is -2.65. The van der Waals surface area contributed by atoms with E-state index in [2.05, 4.69) is 43.5 Å². The van der Waals surface area contributed by atoms with Crippen LogP contribution in [0.5, 0.6) is 0 Å². The Balaban J connectivity index is 1.69.